The minimum Gasteiger partial charge on any atom is -0.395 e. The van der Waals surface area contributed by atoms with E-state index in [4.69, 9.17) is 5.11 Å². The van der Waals surface area contributed by atoms with Gasteiger partial charge in [-0.2, -0.15) is 0 Å². The van der Waals surface area contributed by atoms with E-state index in [-0.39, 0.29) is 12.5 Å². The van der Waals surface area contributed by atoms with Gasteiger partial charge in [0.15, 0.2) is 0 Å². The highest BCUT2D eigenvalue weighted by Gasteiger charge is 2.11. The summed E-state index contributed by atoms with van der Waals surface area (Å²) in [5, 5.41) is 11.7. The SMILES string of the molecule is CCC(CC)CNC(=O)c1ccncc1C#CCCO. The highest BCUT2D eigenvalue weighted by atomic mass is 16.2. The van der Waals surface area contributed by atoms with Gasteiger partial charge in [-0.1, -0.05) is 38.5 Å². The Morgan fingerprint density at radius 3 is 2.85 bits per heavy atom. The van der Waals surface area contributed by atoms with Gasteiger partial charge < -0.3 is 10.4 Å². The lowest BCUT2D eigenvalue weighted by Gasteiger charge is -2.13. The van der Waals surface area contributed by atoms with Crippen LogP contribution in [-0.4, -0.2) is 29.1 Å². The Balaban J connectivity index is 2.75. The Labute approximate surface area is 120 Å². The molecule has 2 N–H and O–H groups in total. The Hall–Kier alpha value is -1.86. The van der Waals surface area contributed by atoms with Crippen LogP contribution in [0.5, 0.6) is 0 Å². The van der Waals surface area contributed by atoms with Crippen LogP contribution in [0, 0.1) is 17.8 Å². The summed E-state index contributed by atoms with van der Waals surface area (Å²) in [6.07, 6.45) is 5.66. The topological polar surface area (TPSA) is 62.2 Å². The van der Waals surface area contributed by atoms with Crippen molar-refractivity contribution in [3.63, 3.8) is 0 Å². The molecule has 0 saturated carbocycles. The smallest absolute Gasteiger partial charge is 0.252 e. The lowest BCUT2D eigenvalue weighted by molar-refractivity contribution is 0.0946. The predicted octanol–water partition coefficient (Wildman–Crippen LogP) is 1.98. The number of aliphatic hydroxyl groups is 1. The zero-order chi connectivity index (χ0) is 14.8. The van der Waals surface area contributed by atoms with Crippen molar-refractivity contribution in [3.05, 3.63) is 29.6 Å². The molecule has 0 radical (unpaired) electrons. The van der Waals surface area contributed by atoms with Crippen LogP contribution in [0.2, 0.25) is 0 Å². The molecule has 108 valence electrons. The van der Waals surface area contributed by atoms with E-state index in [9.17, 15) is 4.79 Å². The van der Waals surface area contributed by atoms with Gasteiger partial charge in [-0.05, 0) is 12.0 Å². The summed E-state index contributed by atoms with van der Waals surface area (Å²) in [7, 11) is 0. The summed E-state index contributed by atoms with van der Waals surface area (Å²) in [6.45, 7) is 4.94. The van der Waals surface area contributed by atoms with E-state index in [0.717, 1.165) is 12.8 Å². The third-order valence-corrected chi connectivity index (χ3v) is 3.23. The van der Waals surface area contributed by atoms with E-state index in [2.05, 4.69) is 36.0 Å². The van der Waals surface area contributed by atoms with Gasteiger partial charge in [0.2, 0.25) is 0 Å². The van der Waals surface area contributed by atoms with Crippen molar-refractivity contribution in [1.29, 1.82) is 0 Å². The maximum Gasteiger partial charge on any atom is 0.252 e. The quantitative estimate of drug-likeness (QED) is 0.780. The first-order chi connectivity index (χ1) is 9.72. The van der Waals surface area contributed by atoms with E-state index in [0.29, 0.717) is 30.0 Å². The number of nitrogens with zero attached hydrogens (tertiary/aromatic N) is 1. The number of nitrogens with one attached hydrogen (secondary N) is 1. The molecule has 1 aromatic heterocycles. The van der Waals surface area contributed by atoms with E-state index >= 15 is 0 Å². The van der Waals surface area contributed by atoms with Gasteiger partial charge in [-0.15, -0.1) is 0 Å². The van der Waals surface area contributed by atoms with Gasteiger partial charge in [0, 0.05) is 25.4 Å². The molecule has 4 nitrogen and oxygen atoms in total. The summed E-state index contributed by atoms with van der Waals surface area (Å²) >= 11 is 0. The van der Waals surface area contributed by atoms with Gasteiger partial charge in [0.1, 0.15) is 0 Å². The van der Waals surface area contributed by atoms with Crippen molar-refractivity contribution in [2.75, 3.05) is 13.2 Å². The highest BCUT2D eigenvalue weighted by molar-refractivity contribution is 5.96. The number of aromatic nitrogens is 1. The molecule has 0 spiro atoms. The predicted molar refractivity (Wildman–Crippen MR) is 79.2 cm³/mol. The van der Waals surface area contributed by atoms with Crippen LogP contribution in [0.3, 0.4) is 0 Å². The van der Waals surface area contributed by atoms with Crippen molar-refractivity contribution < 1.29 is 9.90 Å². The summed E-state index contributed by atoms with van der Waals surface area (Å²) in [5.74, 6) is 6.08. The maximum absolute atomic E-state index is 12.2. The fraction of sp³-hybridized carbons (Fsp3) is 0.500. The van der Waals surface area contributed by atoms with Gasteiger partial charge in [-0.3, -0.25) is 9.78 Å². The monoisotopic (exact) mass is 274 g/mol. The zero-order valence-corrected chi connectivity index (χ0v) is 12.1. The van der Waals surface area contributed by atoms with Gasteiger partial charge >= 0.3 is 0 Å². The number of rotatable bonds is 6. The van der Waals surface area contributed by atoms with Crippen LogP contribution in [0.1, 0.15) is 49.0 Å². The molecule has 0 atom stereocenters. The summed E-state index contributed by atoms with van der Waals surface area (Å²) in [6, 6.07) is 1.67. The number of aliphatic hydroxyl groups excluding tert-OH is 1. The Kier molecular flexibility index (Phi) is 7.38. The molecule has 0 fully saturated rings. The van der Waals surface area contributed by atoms with E-state index in [1.807, 2.05) is 0 Å². The van der Waals surface area contributed by atoms with Crippen molar-refractivity contribution in [1.82, 2.24) is 10.3 Å². The Morgan fingerprint density at radius 1 is 1.45 bits per heavy atom. The standard InChI is InChI=1S/C16H22N2O2/c1-3-13(4-2)11-18-16(20)15-8-9-17-12-14(15)7-5-6-10-19/h8-9,12-13,19H,3-4,6,10-11H2,1-2H3,(H,18,20). The molecule has 0 aliphatic carbocycles. The molecule has 1 heterocycles. The average Bonchev–Trinajstić information content (AvgIpc) is 2.49. The molecule has 1 amide bonds. The minimum atomic E-state index is -0.118. The molecule has 0 unspecified atom stereocenters. The van der Waals surface area contributed by atoms with Crippen LogP contribution >= 0.6 is 0 Å². The lowest BCUT2D eigenvalue weighted by Crippen LogP contribution is -2.29. The maximum atomic E-state index is 12.2. The number of pyridine rings is 1. The molecule has 0 saturated heterocycles. The second-order valence-corrected chi connectivity index (χ2v) is 4.59. The molecular formula is C16H22N2O2. The van der Waals surface area contributed by atoms with Gasteiger partial charge in [0.05, 0.1) is 17.7 Å². The molecule has 4 heteroatoms. The lowest BCUT2D eigenvalue weighted by atomic mass is 10.0. The summed E-state index contributed by atoms with van der Waals surface area (Å²) in [5.41, 5.74) is 1.14. The van der Waals surface area contributed by atoms with Gasteiger partial charge in [-0.25, -0.2) is 0 Å². The molecular weight excluding hydrogens is 252 g/mol. The Morgan fingerprint density at radius 2 is 2.20 bits per heavy atom. The average molecular weight is 274 g/mol. The fourth-order valence-corrected chi connectivity index (χ4v) is 1.82. The number of carbonyl (C=O) groups excluding carboxylic acids is 1. The molecule has 1 aromatic rings. The summed E-state index contributed by atoms with van der Waals surface area (Å²) in [4.78, 5) is 16.2. The van der Waals surface area contributed by atoms with Crippen molar-refractivity contribution in [2.45, 2.75) is 33.1 Å². The first-order valence-corrected chi connectivity index (χ1v) is 7.04. The Bertz CT molecular complexity index is 485. The molecule has 0 aliphatic heterocycles. The third-order valence-electron chi connectivity index (χ3n) is 3.23. The van der Waals surface area contributed by atoms with Crippen molar-refractivity contribution >= 4 is 5.91 Å². The fourth-order valence-electron chi connectivity index (χ4n) is 1.82. The number of amides is 1. The molecule has 0 aliphatic rings. The zero-order valence-electron chi connectivity index (χ0n) is 12.1. The summed E-state index contributed by atoms with van der Waals surface area (Å²) < 4.78 is 0. The highest BCUT2D eigenvalue weighted by Crippen LogP contribution is 2.08. The van der Waals surface area contributed by atoms with Crippen LogP contribution in [-0.2, 0) is 0 Å². The second kappa shape index (κ2) is 9.11. The first-order valence-electron chi connectivity index (χ1n) is 7.04. The third kappa shape index (κ3) is 5.02. The number of carbonyl (C=O) groups is 1. The van der Waals surface area contributed by atoms with Crippen LogP contribution in [0.4, 0.5) is 0 Å². The van der Waals surface area contributed by atoms with Crippen LogP contribution < -0.4 is 5.32 Å². The van der Waals surface area contributed by atoms with Crippen LogP contribution in [0.15, 0.2) is 18.5 Å². The molecule has 20 heavy (non-hydrogen) atoms. The molecule has 0 bridgehead atoms. The van der Waals surface area contributed by atoms with E-state index < -0.39 is 0 Å². The minimum absolute atomic E-state index is 0.0173. The first kappa shape index (κ1) is 16.2. The van der Waals surface area contributed by atoms with Crippen molar-refractivity contribution in [2.24, 2.45) is 5.92 Å². The number of hydrogen-bond donors (Lipinski definition) is 2. The van der Waals surface area contributed by atoms with Gasteiger partial charge in [0.25, 0.3) is 5.91 Å². The van der Waals surface area contributed by atoms with Crippen molar-refractivity contribution in [3.8, 4) is 11.8 Å². The van der Waals surface area contributed by atoms with E-state index in [1.165, 1.54) is 0 Å². The normalized spacial score (nSPS) is 10.0. The largest absolute Gasteiger partial charge is 0.395 e. The van der Waals surface area contributed by atoms with E-state index in [1.54, 1.807) is 18.5 Å². The molecule has 0 aromatic carbocycles. The second-order valence-electron chi connectivity index (χ2n) is 4.59. The molecule has 1 rings (SSSR count). The van der Waals surface area contributed by atoms with Crippen LogP contribution in [0.25, 0.3) is 0 Å². The number of hydrogen-bond acceptors (Lipinski definition) is 3.